The van der Waals surface area contributed by atoms with Crippen LogP contribution in [0.5, 0.6) is 0 Å². The molecule has 146 valence electrons. The Bertz CT molecular complexity index is 1180. The average molecular weight is 385 g/mol. The number of aromatic carboxylic acids is 1. The minimum absolute atomic E-state index is 0.00434. The van der Waals surface area contributed by atoms with Crippen molar-refractivity contribution in [1.82, 2.24) is 14.5 Å². The topological polar surface area (TPSA) is 117 Å². The van der Waals surface area contributed by atoms with Gasteiger partial charge in [-0.2, -0.15) is 0 Å². The van der Waals surface area contributed by atoms with Crippen LogP contribution in [0.2, 0.25) is 0 Å². The third kappa shape index (κ3) is 2.35. The number of rotatable bonds is 4. The molecule has 0 amide bonds. The van der Waals surface area contributed by atoms with E-state index in [1.165, 1.54) is 12.5 Å². The van der Waals surface area contributed by atoms with Crippen molar-refractivity contribution in [3.63, 3.8) is 0 Å². The molecule has 2 aromatic heterocycles. The highest BCUT2D eigenvalue weighted by Crippen LogP contribution is 2.42. The second-order valence-corrected chi connectivity index (χ2v) is 7.66. The molecule has 2 fully saturated rings. The van der Waals surface area contributed by atoms with Crippen molar-refractivity contribution < 1.29 is 14.3 Å². The number of imidazole rings is 1. The van der Waals surface area contributed by atoms with Gasteiger partial charge in [-0.05, 0) is 31.7 Å². The summed E-state index contributed by atoms with van der Waals surface area (Å²) in [4.78, 5) is 33.7. The van der Waals surface area contributed by atoms with Crippen LogP contribution < -0.4 is 16.1 Å². The average Bonchev–Trinajstić information content (AvgIpc) is 3.21. The maximum Gasteiger partial charge on any atom is 0.341 e. The van der Waals surface area contributed by atoms with Gasteiger partial charge in [0, 0.05) is 25.3 Å². The molecule has 3 heterocycles. The Kier molecular flexibility index (Phi) is 3.70. The molecule has 8 nitrogen and oxygen atoms in total. The number of hydrogen-bond donors (Lipinski definition) is 3. The number of carboxylic acid groups (broad SMARTS) is 1. The Labute approximate surface area is 158 Å². The normalized spacial score (nSPS) is 19.8. The molecule has 1 unspecified atom stereocenters. The summed E-state index contributed by atoms with van der Waals surface area (Å²) in [5.41, 5.74) is 5.98. The van der Waals surface area contributed by atoms with E-state index in [0.29, 0.717) is 36.4 Å². The lowest BCUT2D eigenvalue weighted by atomic mass is 10.1. The number of nitrogens with one attached hydrogen (secondary N) is 1. The van der Waals surface area contributed by atoms with Crippen molar-refractivity contribution in [2.24, 2.45) is 11.7 Å². The lowest BCUT2D eigenvalue weighted by Crippen LogP contribution is -2.25. The largest absolute Gasteiger partial charge is 0.477 e. The Hall–Kier alpha value is -2.94. The molecule has 0 radical (unpaired) electrons. The highest BCUT2D eigenvalue weighted by molar-refractivity contribution is 6.10. The highest BCUT2D eigenvalue weighted by Gasteiger charge is 2.33. The van der Waals surface area contributed by atoms with E-state index in [1.54, 1.807) is 4.57 Å². The summed E-state index contributed by atoms with van der Waals surface area (Å²) < 4.78 is 17.5. The number of pyridine rings is 1. The number of carbonyl (C=O) groups is 1. The lowest BCUT2D eigenvalue weighted by molar-refractivity contribution is 0.0695. The number of aromatic nitrogens is 3. The fourth-order valence-corrected chi connectivity index (χ4v) is 4.28. The van der Waals surface area contributed by atoms with Crippen LogP contribution in [0.1, 0.15) is 35.7 Å². The van der Waals surface area contributed by atoms with Crippen molar-refractivity contribution in [3.05, 3.63) is 34.1 Å². The standard InChI is InChI=1S/C19H20FN5O3/c20-13-16-12(18(26)11(19(27)28)7-25(16)10-1-2-10)14-15(23-8-22-14)17(13)24-4-3-9(5-21)6-24/h7-10H,1-6,21H2,(H,22,23)(H,27,28). The molecule has 1 atom stereocenters. The van der Waals surface area contributed by atoms with Gasteiger partial charge in [0.2, 0.25) is 5.43 Å². The van der Waals surface area contributed by atoms with Crippen LogP contribution >= 0.6 is 0 Å². The van der Waals surface area contributed by atoms with Crippen LogP contribution in [0, 0.1) is 11.7 Å². The molecular weight excluding hydrogens is 365 g/mol. The minimum atomic E-state index is -1.32. The summed E-state index contributed by atoms with van der Waals surface area (Å²) in [5, 5.41) is 9.50. The van der Waals surface area contributed by atoms with Crippen LogP contribution in [0.3, 0.4) is 0 Å². The zero-order valence-corrected chi connectivity index (χ0v) is 15.1. The number of anilines is 1. The quantitative estimate of drug-likeness (QED) is 0.631. The molecular formula is C19H20FN5O3. The van der Waals surface area contributed by atoms with E-state index in [9.17, 15) is 14.7 Å². The summed E-state index contributed by atoms with van der Waals surface area (Å²) in [7, 11) is 0. The predicted octanol–water partition coefficient (Wildman–Crippen LogP) is 1.83. The molecule has 2 aliphatic rings. The van der Waals surface area contributed by atoms with Gasteiger partial charge < -0.3 is 25.3 Å². The fourth-order valence-electron chi connectivity index (χ4n) is 4.28. The molecule has 5 rings (SSSR count). The van der Waals surface area contributed by atoms with Crippen LogP contribution in [0.4, 0.5) is 10.1 Å². The third-order valence-electron chi connectivity index (χ3n) is 5.87. The summed E-state index contributed by atoms with van der Waals surface area (Å²) in [6, 6.07) is -0.00434. The smallest absolute Gasteiger partial charge is 0.341 e. The van der Waals surface area contributed by atoms with E-state index < -0.39 is 17.2 Å². The Morgan fingerprint density at radius 2 is 2.18 bits per heavy atom. The van der Waals surface area contributed by atoms with Gasteiger partial charge in [0.25, 0.3) is 0 Å². The number of fused-ring (bicyclic) bond motifs is 3. The molecule has 1 saturated heterocycles. The molecule has 1 aromatic carbocycles. The van der Waals surface area contributed by atoms with E-state index in [0.717, 1.165) is 19.3 Å². The summed E-state index contributed by atoms with van der Waals surface area (Å²) in [5.74, 6) is -1.54. The van der Waals surface area contributed by atoms with E-state index in [1.807, 2.05) is 4.90 Å². The predicted molar refractivity (Wildman–Crippen MR) is 102 cm³/mol. The number of aromatic amines is 1. The second kappa shape index (κ2) is 6.03. The zero-order valence-electron chi connectivity index (χ0n) is 15.1. The van der Waals surface area contributed by atoms with Crippen LogP contribution in [-0.4, -0.2) is 45.2 Å². The number of H-pyrrole nitrogens is 1. The Balaban J connectivity index is 1.88. The number of nitrogens with zero attached hydrogens (tertiary/aromatic N) is 3. The van der Waals surface area contributed by atoms with Crippen LogP contribution in [0.25, 0.3) is 21.9 Å². The highest BCUT2D eigenvalue weighted by atomic mass is 19.1. The van der Waals surface area contributed by atoms with Crippen molar-refractivity contribution >= 4 is 33.6 Å². The monoisotopic (exact) mass is 385 g/mol. The van der Waals surface area contributed by atoms with Crippen LogP contribution in [-0.2, 0) is 0 Å². The van der Waals surface area contributed by atoms with Crippen molar-refractivity contribution in [2.45, 2.75) is 25.3 Å². The van der Waals surface area contributed by atoms with Gasteiger partial charge in [0.15, 0.2) is 5.82 Å². The zero-order chi connectivity index (χ0) is 19.6. The first-order valence-corrected chi connectivity index (χ1v) is 9.43. The molecule has 9 heteroatoms. The lowest BCUT2D eigenvalue weighted by Gasteiger charge is -2.22. The van der Waals surface area contributed by atoms with E-state index in [2.05, 4.69) is 9.97 Å². The van der Waals surface area contributed by atoms with Gasteiger partial charge >= 0.3 is 5.97 Å². The van der Waals surface area contributed by atoms with Gasteiger partial charge in [-0.15, -0.1) is 0 Å². The third-order valence-corrected chi connectivity index (χ3v) is 5.87. The maximum atomic E-state index is 15.9. The second-order valence-electron chi connectivity index (χ2n) is 7.66. The van der Waals surface area contributed by atoms with Gasteiger partial charge in [-0.3, -0.25) is 4.79 Å². The van der Waals surface area contributed by atoms with Crippen molar-refractivity contribution in [1.29, 1.82) is 0 Å². The van der Waals surface area contributed by atoms with E-state index in [4.69, 9.17) is 5.73 Å². The summed E-state index contributed by atoms with van der Waals surface area (Å²) in [6.45, 7) is 1.83. The van der Waals surface area contributed by atoms with Crippen LogP contribution in [0.15, 0.2) is 17.3 Å². The molecule has 3 aromatic rings. The Morgan fingerprint density at radius 3 is 2.82 bits per heavy atom. The van der Waals surface area contributed by atoms with E-state index >= 15 is 4.39 Å². The summed E-state index contributed by atoms with van der Waals surface area (Å²) >= 11 is 0. The molecule has 1 aliphatic carbocycles. The number of nitrogens with two attached hydrogens (primary N) is 1. The first kappa shape index (κ1) is 17.2. The molecule has 0 spiro atoms. The van der Waals surface area contributed by atoms with Gasteiger partial charge in [0.1, 0.15) is 16.8 Å². The fraction of sp³-hybridized carbons (Fsp3) is 0.421. The number of hydrogen-bond acceptors (Lipinski definition) is 5. The first-order chi connectivity index (χ1) is 13.5. The number of carboxylic acids is 1. The van der Waals surface area contributed by atoms with Crippen molar-refractivity contribution in [3.8, 4) is 0 Å². The number of benzene rings is 1. The van der Waals surface area contributed by atoms with Crippen molar-refractivity contribution in [2.75, 3.05) is 24.5 Å². The van der Waals surface area contributed by atoms with Gasteiger partial charge in [-0.1, -0.05) is 0 Å². The SMILES string of the molecule is NCC1CCN(c2c(F)c3c(c(=O)c(C(=O)O)cn3C3CC3)c3nc[nH]c23)C1. The van der Waals surface area contributed by atoms with E-state index in [-0.39, 0.29) is 28.4 Å². The number of halogens is 1. The minimum Gasteiger partial charge on any atom is -0.477 e. The molecule has 28 heavy (non-hydrogen) atoms. The Morgan fingerprint density at radius 1 is 1.39 bits per heavy atom. The molecule has 1 saturated carbocycles. The first-order valence-electron chi connectivity index (χ1n) is 9.43. The molecule has 0 bridgehead atoms. The maximum absolute atomic E-state index is 15.9. The molecule has 1 aliphatic heterocycles. The summed E-state index contributed by atoms with van der Waals surface area (Å²) in [6.07, 6.45) is 5.21. The van der Waals surface area contributed by atoms with Gasteiger partial charge in [-0.25, -0.2) is 14.2 Å². The molecule has 4 N–H and O–H groups in total. The van der Waals surface area contributed by atoms with Gasteiger partial charge in [0.05, 0.1) is 22.7 Å².